The maximum atomic E-state index is 13.3. The smallest absolute Gasteiger partial charge is 0.146 e. The minimum Gasteiger partial charge on any atom is -0.396 e. The molecule has 0 spiro atoms. The fourth-order valence-corrected chi connectivity index (χ4v) is 1.23. The molecule has 0 aromatic heterocycles. The minimum atomic E-state index is -1.70. The average molecular weight is 244 g/mol. The predicted molar refractivity (Wildman–Crippen MR) is 55.8 cm³/mol. The molecule has 0 amide bonds. The average Bonchev–Trinajstić information content (AvgIpc) is 2.29. The van der Waals surface area contributed by atoms with E-state index in [9.17, 15) is 19.0 Å². The van der Waals surface area contributed by atoms with Crippen molar-refractivity contribution < 1.29 is 19.0 Å². The fraction of sp³-hybridized carbons (Fsp3) is 0.333. The van der Waals surface area contributed by atoms with Crippen LogP contribution in [0.5, 0.6) is 0 Å². The summed E-state index contributed by atoms with van der Waals surface area (Å²) in [5.74, 6) is -1.85. The lowest BCUT2D eigenvalue weighted by atomic mass is 10.0. The topological polar surface area (TPSA) is 115 Å². The highest BCUT2D eigenvalue weighted by molar-refractivity contribution is 5.43. The number of halogens is 2. The standard InChI is InChI=1S/C9H10F2N4O2/c10-5-2-7(12)6(11)1-4(5)9(17)8(16)3-14-15-13/h1-2,8-9,16-17H,3,12H2. The molecule has 8 heteroatoms. The summed E-state index contributed by atoms with van der Waals surface area (Å²) in [5, 5.41) is 21.9. The molecular weight excluding hydrogens is 234 g/mol. The van der Waals surface area contributed by atoms with Gasteiger partial charge in [-0.1, -0.05) is 5.11 Å². The molecule has 2 unspecified atom stereocenters. The van der Waals surface area contributed by atoms with E-state index in [2.05, 4.69) is 10.0 Å². The number of nitrogen functional groups attached to an aromatic ring is 1. The van der Waals surface area contributed by atoms with Gasteiger partial charge in [0.15, 0.2) is 0 Å². The normalized spacial score (nSPS) is 13.9. The van der Waals surface area contributed by atoms with Crippen molar-refractivity contribution in [1.29, 1.82) is 0 Å². The Kier molecular flexibility index (Phi) is 4.22. The molecule has 1 aromatic carbocycles. The highest BCUT2D eigenvalue weighted by Gasteiger charge is 2.22. The number of nitrogens with zero attached hydrogens (tertiary/aromatic N) is 3. The van der Waals surface area contributed by atoms with Crippen LogP contribution in [-0.2, 0) is 0 Å². The van der Waals surface area contributed by atoms with Gasteiger partial charge in [-0.25, -0.2) is 8.78 Å². The van der Waals surface area contributed by atoms with Gasteiger partial charge in [-0.3, -0.25) is 0 Å². The van der Waals surface area contributed by atoms with Crippen molar-refractivity contribution in [2.45, 2.75) is 12.2 Å². The van der Waals surface area contributed by atoms with Crippen LogP contribution >= 0.6 is 0 Å². The van der Waals surface area contributed by atoms with Crippen LogP contribution in [0.2, 0.25) is 0 Å². The molecule has 0 fully saturated rings. The Bertz CT molecular complexity index is 463. The first-order chi connectivity index (χ1) is 7.97. The Labute approximate surface area is 94.9 Å². The summed E-state index contributed by atoms with van der Waals surface area (Å²) in [5.41, 5.74) is 12.3. The van der Waals surface area contributed by atoms with Gasteiger partial charge in [-0.2, -0.15) is 0 Å². The van der Waals surface area contributed by atoms with Crippen molar-refractivity contribution in [2.24, 2.45) is 5.11 Å². The number of hydrogen-bond donors (Lipinski definition) is 3. The lowest BCUT2D eigenvalue weighted by Crippen LogP contribution is -2.22. The van der Waals surface area contributed by atoms with E-state index in [1.54, 1.807) is 0 Å². The second-order valence-corrected chi connectivity index (χ2v) is 3.32. The zero-order chi connectivity index (χ0) is 13.0. The summed E-state index contributed by atoms with van der Waals surface area (Å²) in [4.78, 5) is 2.37. The highest BCUT2D eigenvalue weighted by atomic mass is 19.1. The fourth-order valence-electron chi connectivity index (χ4n) is 1.23. The van der Waals surface area contributed by atoms with E-state index < -0.39 is 41.6 Å². The summed E-state index contributed by atoms with van der Waals surface area (Å²) in [6.07, 6.45) is -3.22. The van der Waals surface area contributed by atoms with E-state index in [4.69, 9.17) is 11.3 Å². The van der Waals surface area contributed by atoms with Crippen molar-refractivity contribution in [3.05, 3.63) is 39.8 Å². The molecule has 17 heavy (non-hydrogen) atoms. The van der Waals surface area contributed by atoms with E-state index in [0.29, 0.717) is 12.1 Å². The van der Waals surface area contributed by atoms with Gasteiger partial charge in [0.05, 0.1) is 18.3 Å². The van der Waals surface area contributed by atoms with Crippen LogP contribution in [0.25, 0.3) is 10.4 Å². The van der Waals surface area contributed by atoms with Crippen LogP contribution in [0.4, 0.5) is 14.5 Å². The minimum absolute atomic E-state index is 0.400. The highest BCUT2D eigenvalue weighted by Crippen LogP contribution is 2.24. The zero-order valence-corrected chi connectivity index (χ0v) is 8.59. The molecule has 92 valence electrons. The Hall–Kier alpha value is -1.89. The maximum Gasteiger partial charge on any atom is 0.146 e. The molecule has 2 atom stereocenters. The number of azide groups is 1. The third kappa shape index (κ3) is 3.04. The second kappa shape index (κ2) is 5.44. The molecule has 0 heterocycles. The first kappa shape index (κ1) is 13.2. The first-order valence-electron chi connectivity index (χ1n) is 4.58. The Morgan fingerprint density at radius 2 is 2.00 bits per heavy atom. The number of hydrogen-bond acceptors (Lipinski definition) is 4. The van der Waals surface area contributed by atoms with Gasteiger partial charge in [0.1, 0.15) is 17.7 Å². The van der Waals surface area contributed by atoms with Crippen LogP contribution < -0.4 is 5.73 Å². The van der Waals surface area contributed by atoms with Gasteiger partial charge in [0.2, 0.25) is 0 Å². The van der Waals surface area contributed by atoms with E-state index in [1.165, 1.54) is 0 Å². The molecule has 1 rings (SSSR count). The summed E-state index contributed by atoms with van der Waals surface area (Å²) in [6, 6.07) is 1.39. The quantitative estimate of drug-likeness (QED) is 0.320. The van der Waals surface area contributed by atoms with Gasteiger partial charge in [0, 0.05) is 16.5 Å². The SMILES string of the molecule is [N-]=[N+]=NCC(O)C(O)c1cc(F)c(N)cc1F. The first-order valence-corrected chi connectivity index (χ1v) is 4.58. The molecule has 0 aliphatic heterocycles. The molecule has 0 saturated carbocycles. The largest absolute Gasteiger partial charge is 0.396 e. The van der Waals surface area contributed by atoms with E-state index in [1.807, 2.05) is 0 Å². The maximum absolute atomic E-state index is 13.3. The number of benzene rings is 1. The van der Waals surface area contributed by atoms with Crippen LogP contribution in [0.3, 0.4) is 0 Å². The van der Waals surface area contributed by atoms with Crippen LogP contribution in [-0.4, -0.2) is 22.9 Å². The van der Waals surface area contributed by atoms with Gasteiger partial charge in [-0.05, 0) is 11.6 Å². The summed E-state index contributed by atoms with van der Waals surface area (Å²) in [6.45, 7) is -0.455. The number of aliphatic hydroxyl groups is 2. The number of nitrogens with two attached hydrogens (primary N) is 1. The van der Waals surface area contributed by atoms with Gasteiger partial charge >= 0.3 is 0 Å². The lowest BCUT2D eigenvalue weighted by molar-refractivity contribution is 0.0221. The molecule has 0 radical (unpaired) electrons. The van der Waals surface area contributed by atoms with Crippen molar-refractivity contribution in [2.75, 3.05) is 12.3 Å². The van der Waals surface area contributed by atoms with Gasteiger partial charge in [0.25, 0.3) is 0 Å². The van der Waals surface area contributed by atoms with Crippen LogP contribution in [0.15, 0.2) is 17.2 Å². The monoisotopic (exact) mass is 244 g/mol. The molecule has 0 bridgehead atoms. The van der Waals surface area contributed by atoms with Crippen LogP contribution in [0, 0.1) is 11.6 Å². The second-order valence-electron chi connectivity index (χ2n) is 3.32. The summed E-state index contributed by atoms with van der Waals surface area (Å²) in [7, 11) is 0. The Balaban J connectivity index is 2.99. The Morgan fingerprint density at radius 3 is 2.59 bits per heavy atom. The van der Waals surface area contributed by atoms with Crippen molar-refractivity contribution in [1.82, 2.24) is 0 Å². The molecule has 1 aromatic rings. The predicted octanol–water partition coefficient (Wildman–Crippen LogP) is 1.25. The number of aliphatic hydroxyl groups excluding tert-OH is 2. The van der Waals surface area contributed by atoms with E-state index >= 15 is 0 Å². The molecular formula is C9H10F2N4O2. The molecule has 0 aliphatic carbocycles. The molecule has 0 aliphatic rings. The zero-order valence-electron chi connectivity index (χ0n) is 8.59. The van der Waals surface area contributed by atoms with Gasteiger partial charge in [-0.15, -0.1) is 0 Å². The van der Waals surface area contributed by atoms with E-state index in [-0.39, 0.29) is 0 Å². The van der Waals surface area contributed by atoms with E-state index in [0.717, 1.165) is 0 Å². The summed E-state index contributed by atoms with van der Waals surface area (Å²) < 4.78 is 26.4. The van der Waals surface area contributed by atoms with Crippen molar-refractivity contribution >= 4 is 5.69 Å². The van der Waals surface area contributed by atoms with Crippen LogP contribution in [0.1, 0.15) is 11.7 Å². The number of rotatable bonds is 4. The summed E-state index contributed by atoms with van der Waals surface area (Å²) >= 11 is 0. The Morgan fingerprint density at radius 1 is 1.35 bits per heavy atom. The molecule has 0 saturated heterocycles. The molecule has 6 nitrogen and oxygen atoms in total. The van der Waals surface area contributed by atoms with Gasteiger partial charge < -0.3 is 15.9 Å². The van der Waals surface area contributed by atoms with Crippen molar-refractivity contribution in [3.63, 3.8) is 0 Å². The number of anilines is 1. The third-order valence-corrected chi connectivity index (χ3v) is 2.13. The third-order valence-electron chi connectivity index (χ3n) is 2.13. The molecule has 4 N–H and O–H groups in total. The van der Waals surface area contributed by atoms with Crippen molar-refractivity contribution in [3.8, 4) is 0 Å². The lowest BCUT2D eigenvalue weighted by Gasteiger charge is -2.17.